The fraction of sp³-hybridized carbons (Fsp3) is 0.893. The van der Waals surface area contributed by atoms with E-state index >= 15 is 0 Å². The largest absolute Gasteiger partial charge is 0.472 e. The molecule has 0 amide bonds. The quantitative estimate of drug-likeness (QED) is 0.0169. The highest BCUT2D eigenvalue weighted by molar-refractivity contribution is 7.47. The second kappa shape index (κ2) is 69.0. The number of hydrogen-bond acceptors (Lipinski definition) is 15. The van der Waals surface area contributed by atoms with Crippen LogP contribution in [0.1, 0.15) is 374 Å². The predicted octanol–water partition coefficient (Wildman–Crippen LogP) is 21.8. The van der Waals surface area contributed by atoms with E-state index in [0.29, 0.717) is 25.7 Å². The van der Waals surface area contributed by atoms with Crippen molar-refractivity contribution >= 4 is 39.5 Å². The van der Waals surface area contributed by atoms with Crippen LogP contribution >= 0.6 is 15.6 Å². The fourth-order valence-electron chi connectivity index (χ4n) is 11.0. The summed E-state index contributed by atoms with van der Waals surface area (Å²) in [6, 6.07) is 0. The Morgan fingerprint density at radius 3 is 0.745 bits per heavy atom. The van der Waals surface area contributed by atoms with E-state index in [9.17, 15) is 43.2 Å². The molecule has 17 nitrogen and oxygen atoms in total. The SMILES string of the molecule is CCCCCC/C=C\CCCCCCCC(=O)OCC(COP(=O)(O)OCC(O)COP(=O)(O)OCC(COC(=O)CCCCCCCCCCCCCCCCC)OC(=O)CCCCCCCCCCCCCCC)OC(=O)CCCCCCC/C=C\CCCCCC. The third-order valence-corrected chi connectivity index (χ3v) is 18.8. The minimum absolute atomic E-state index is 0.0904. The molecule has 0 fully saturated rings. The third kappa shape index (κ3) is 68.1. The average Bonchev–Trinajstić information content (AvgIpc) is 2.45. The molecule has 0 aliphatic carbocycles. The van der Waals surface area contributed by atoms with Gasteiger partial charge in [0.25, 0.3) is 0 Å². The molecule has 0 aliphatic heterocycles. The molecule has 0 bridgehead atoms. The third-order valence-electron chi connectivity index (χ3n) is 16.9. The number of aliphatic hydroxyl groups excluding tert-OH is 1. The van der Waals surface area contributed by atoms with Crippen molar-refractivity contribution < 1.29 is 80.2 Å². The van der Waals surface area contributed by atoms with Gasteiger partial charge in [0.1, 0.15) is 19.3 Å². The number of carbonyl (C=O) groups excluding carboxylic acids is 4. The van der Waals surface area contributed by atoms with Crippen molar-refractivity contribution in [2.75, 3.05) is 39.6 Å². The zero-order chi connectivity index (χ0) is 69.0. The molecule has 0 aromatic heterocycles. The molecule has 0 aromatic rings. The van der Waals surface area contributed by atoms with Crippen molar-refractivity contribution in [1.29, 1.82) is 0 Å². The fourth-order valence-corrected chi connectivity index (χ4v) is 12.6. The second-order valence-electron chi connectivity index (χ2n) is 26.3. The molecule has 19 heteroatoms. The van der Waals surface area contributed by atoms with Gasteiger partial charge in [0.2, 0.25) is 0 Å². The molecule has 0 saturated heterocycles. The highest BCUT2D eigenvalue weighted by Gasteiger charge is 2.30. The van der Waals surface area contributed by atoms with Gasteiger partial charge in [0.15, 0.2) is 12.2 Å². The molecule has 0 spiro atoms. The molecule has 0 aliphatic rings. The molecule has 94 heavy (non-hydrogen) atoms. The number of hydrogen-bond donors (Lipinski definition) is 3. The van der Waals surface area contributed by atoms with E-state index in [2.05, 4.69) is 52.0 Å². The van der Waals surface area contributed by atoms with Gasteiger partial charge >= 0.3 is 39.5 Å². The number of aliphatic hydroxyl groups is 1. The molecule has 5 unspecified atom stereocenters. The predicted molar refractivity (Wildman–Crippen MR) is 381 cm³/mol. The molecule has 5 atom stereocenters. The van der Waals surface area contributed by atoms with Crippen LogP contribution in [0.3, 0.4) is 0 Å². The maximum absolute atomic E-state index is 13.1. The Morgan fingerprint density at radius 2 is 0.489 bits per heavy atom. The van der Waals surface area contributed by atoms with E-state index in [1.54, 1.807) is 0 Å². The van der Waals surface area contributed by atoms with Gasteiger partial charge in [-0.1, -0.05) is 296 Å². The molecule has 0 radical (unpaired) electrons. The normalized spacial score (nSPS) is 14.1. The van der Waals surface area contributed by atoms with Crippen molar-refractivity contribution in [2.24, 2.45) is 0 Å². The van der Waals surface area contributed by atoms with E-state index in [4.69, 9.17) is 37.0 Å². The first-order valence-corrected chi connectivity index (χ1v) is 41.6. The Hall–Kier alpha value is -2.46. The van der Waals surface area contributed by atoms with Gasteiger partial charge in [-0.25, -0.2) is 9.13 Å². The molecular formula is C75H142O17P2. The number of rotatable bonds is 74. The van der Waals surface area contributed by atoms with Crippen LogP contribution in [-0.2, 0) is 65.4 Å². The number of ether oxygens (including phenoxy) is 4. The summed E-state index contributed by atoms with van der Waals surface area (Å²) in [6.07, 6.45) is 61.6. The molecule has 0 heterocycles. The molecule has 3 N–H and O–H groups in total. The summed E-state index contributed by atoms with van der Waals surface area (Å²) in [5.74, 6) is -2.15. The monoisotopic (exact) mass is 1380 g/mol. The summed E-state index contributed by atoms with van der Waals surface area (Å²) in [7, 11) is -9.92. The van der Waals surface area contributed by atoms with Crippen LogP contribution in [0.15, 0.2) is 24.3 Å². The van der Waals surface area contributed by atoms with Crippen molar-refractivity contribution in [3.63, 3.8) is 0 Å². The minimum Gasteiger partial charge on any atom is -0.462 e. The highest BCUT2D eigenvalue weighted by atomic mass is 31.2. The van der Waals surface area contributed by atoms with E-state index in [1.807, 2.05) is 0 Å². The molecule has 0 saturated carbocycles. The number of esters is 4. The summed E-state index contributed by atoms with van der Waals surface area (Å²) < 4.78 is 68.5. The Morgan fingerprint density at radius 1 is 0.287 bits per heavy atom. The lowest BCUT2D eigenvalue weighted by Gasteiger charge is -2.21. The van der Waals surface area contributed by atoms with Gasteiger partial charge in [-0.15, -0.1) is 0 Å². The summed E-state index contributed by atoms with van der Waals surface area (Å²) in [5.41, 5.74) is 0. The van der Waals surface area contributed by atoms with Crippen LogP contribution in [-0.4, -0.2) is 96.7 Å². The van der Waals surface area contributed by atoms with Crippen LogP contribution < -0.4 is 0 Å². The smallest absolute Gasteiger partial charge is 0.462 e. The standard InChI is InChI=1S/C75H142O17P2/c1-5-9-13-17-21-25-29-33-34-38-40-44-48-52-56-60-73(78)86-66-71(92-75(80)62-58-54-50-46-42-37-32-28-24-20-16-12-8-4)68-90-94(83,84)88-64-69(76)63-87-93(81,82)89-67-70(91-74(79)61-57-53-49-45-41-36-31-27-23-19-15-11-7-3)65-85-72(77)59-55-51-47-43-39-35-30-26-22-18-14-10-6-2/h26-27,30-31,69-71,76H,5-25,28-29,32-68H2,1-4H3,(H,81,82)(H,83,84)/b30-26-,31-27-. The second-order valence-corrected chi connectivity index (χ2v) is 29.2. The Kier molecular flexibility index (Phi) is 67.2. The lowest BCUT2D eigenvalue weighted by atomic mass is 10.0. The number of phosphoric ester groups is 2. The Bertz CT molecular complexity index is 1880. The highest BCUT2D eigenvalue weighted by Crippen LogP contribution is 2.45. The van der Waals surface area contributed by atoms with E-state index in [1.165, 1.54) is 173 Å². The molecular weight excluding hydrogens is 1230 g/mol. The van der Waals surface area contributed by atoms with Crippen LogP contribution in [0.5, 0.6) is 0 Å². The average molecular weight is 1380 g/mol. The zero-order valence-corrected chi connectivity index (χ0v) is 62.2. The first-order valence-electron chi connectivity index (χ1n) is 38.6. The van der Waals surface area contributed by atoms with Gasteiger partial charge in [0.05, 0.1) is 26.4 Å². The summed E-state index contributed by atoms with van der Waals surface area (Å²) in [5, 5.41) is 10.6. The summed E-state index contributed by atoms with van der Waals surface area (Å²) >= 11 is 0. The van der Waals surface area contributed by atoms with Crippen LogP contribution in [0.25, 0.3) is 0 Å². The first kappa shape index (κ1) is 91.5. The summed E-state index contributed by atoms with van der Waals surface area (Å²) in [4.78, 5) is 72.8. The number of phosphoric acid groups is 2. The number of unbranched alkanes of at least 4 members (excludes halogenated alkanes) is 44. The van der Waals surface area contributed by atoms with Gasteiger partial charge < -0.3 is 33.8 Å². The number of allylic oxidation sites excluding steroid dienone is 4. The summed E-state index contributed by atoms with van der Waals surface area (Å²) in [6.45, 7) is 4.91. The first-order chi connectivity index (χ1) is 45.7. The van der Waals surface area contributed by atoms with Gasteiger partial charge in [-0.05, 0) is 77.0 Å². The van der Waals surface area contributed by atoms with Crippen molar-refractivity contribution in [3.8, 4) is 0 Å². The number of carbonyl (C=O) groups is 4. The van der Waals surface area contributed by atoms with Gasteiger partial charge in [0, 0.05) is 25.7 Å². The van der Waals surface area contributed by atoms with Crippen LogP contribution in [0.4, 0.5) is 0 Å². The lowest BCUT2D eigenvalue weighted by molar-refractivity contribution is -0.161. The van der Waals surface area contributed by atoms with E-state index in [0.717, 1.165) is 122 Å². The topological polar surface area (TPSA) is 237 Å². The van der Waals surface area contributed by atoms with Crippen molar-refractivity contribution in [1.82, 2.24) is 0 Å². The van der Waals surface area contributed by atoms with Gasteiger partial charge in [-0.2, -0.15) is 0 Å². The maximum Gasteiger partial charge on any atom is 0.472 e. The maximum atomic E-state index is 13.1. The van der Waals surface area contributed by atoms with E-state index < -0.39 is 97.5 Å². The molecule has 0 aromatic carbocycles. The van der Waals surface area contributed by atoms with E-state index in [-0.39, 0.29) is 25.7 Å². The van der Waals surface area contributed by atoms with Crippen molar-refractivity contribution in [2.45, 2.75) is 393 Å². The van der Waals surface area contributed by atoms with Crippen LogP contribution in [0, 0.1) is 0 Å². The minimum atomic E-state index is -4.96. The van der Waals surface area contributed by atoms with Crippen molar-refractivity contribution in [3.05, 3.63) is 24.3 Å². The zero-order valence-electron chi connectivity index (χ0n) is 60.4. The van der Waals surface area contributed by atoms with Gasteiger partial charge in [-0.3, -0.25) is 37.3 Å². The molecule has 554 valence electrons. The van der Waals surface area contributed by atoms with Crippen LogP contribution in [0.2, 0.25) is 0 Å². The Labute approximate surface area is 573 Å². The molecule has 0 rings (SSSR count). The Balaban J connectivity index is 5.28. The lowest BCUT2D eigenvalue weighted by Crippen LogP contribution is -2.30.